The standard InChI is InChI=1S/C31H39N5O5S2/c1-29(2,3)36-43(40,41)25-19-22(34-27(37)32-18-11-21-7-5-4-6-8-21)9-10-23(25)24-20-33-26(42-24)30-12-15-31(16-13-30,17-14-30)35-28(38)39/h4-10,19-20,35-36H,11-18H2,1-3H3,(H,38,39)(H2,32,34,37). The Morgan fingerprint density at radius 1 is 1.00 bits per heavy atom. The molecule has 0 saturated heterocycles. The van der Waals surface area contributed by atoms with Crippen molar-refractivity contribution in [2.24, 2.45) is 0 Å². The van der Waals surface area contributed by atoms with Crippen molar-refractivity contribution >= 4 is 39.2 Å². The van der Waals surface area contributed by atoms with E-state index >= 15 is 0 Å². The molecule has 3 saturated carbocycles. The van der Waals surface area contributed by atoms with Gasteiger partial charge in [0.05, 0.1) is 14.8 Å². The summed E-state index contributed by atoms with van der Waals surface area (Å²) < 4.78 is 30.1. The first-order valence-electron chi connectivity index (χ1n) is 14.5. The van der Waals surface area contributed by atoms with Crippen molar-refractivity contribution in [3.05, 3.63) is 65.3 Å². The van der Waals surface area contributed by atoms with Gasteiger partial charge in [0.15, 0.2) is 0 Å². The lowest BCUT2D eigenvalue weighted by Crippen LogP contribution is -2.57. The Labute approximate surface area is 256 Å². The lowest BCUT2D eigenvalue weighted by Gasteiger charge is -2.52. The number of rotatable bonds is 9. The largest absolute Gasteiger partial charge is 0.465 e. The number of carboxylic acid groups (broad SMARTS) is 1. The summed E-state index contributed by atoms with van der Waals surface area (Å²) in [6, 6.07) is 14.3. The number of nitrogens with one attached hydrogen (secondary N) is 4. The Balaban J connectivity index is 1.37. The molecule has 0 radical (unpaired) electrons. The van der Waals surface area contributed by atoms with E-state index in [0.717, 1.165) is 54.0 Å². The zero-order chi connectivity index (χ0) is 30.9. The molecule has 1 heterocycles. The highest BCUT2D eigenvalue weighted by Crippen LogP contribution is 2.55. The van der Waals surface area contributed by atoms with Crippen molar-refractivity contribution in [2.45, 2.75) is 87.1 Å². The fourth-order valence-electron chi connectivity index (χ4n) is 6.19. The zero-order valence-corrected chi connectivity index (χ0v) is 26.3. The predicted molar refractivity (Wildman–Crippen MR) is 168 cm³/mol. The zero-order valence-electron chi connectivity index (χ0n) is 24.7. The van der Waals surface area contributed by atoms with Gasteiger partial charge in [0, 0.05) is 40.5 Å². The first-order chi connectivity index (χ1) is 20.3. The highest BCUT2D eigenvalue weighted by molar-refractivity contribution is 7.89. The van der Waals surface area contributed by atoms with Gasteiger partial charge in [-0.2, -0.15) is 0 Å². The van der Waals surface area contributed by atoms with Gasteiger partial charge in [0.25, 0.3) is 0 Å². The molecule has 2 aromatic carbocycles. The predicted octanol–water partition coefficient (Wildman–Crippen LogP) is 5.86. The molecule has 12 heteroatoms. The maximum Gasteiger partial charge on any atom is 0.405 e. The van der Waals surface area contributed by atoms with E-state index in [2.05, 4.69) is 20.7 Å². The molecular formula is C31H39N5O5S2. The van der Waals surface area contributed by atoms with Crippen LogP contribution in [0.15, 0.2) is 59.6 Å². The summed E-state index contributed by atoms with van der Waals surface area (Å²) in [5.41, 5.74) is 0.778. The van der Waals surface area contributed by atoms with E-state index in [9.17, 15) is 23.1 Å². The van der Waals surface area contributed by atoms with Crippen molar-refractivity contribution in [3.8, 4) is 10.4 Å². The molecular weight excluding hydrogens is 587 g/mol. The van der Waals surface area contributed by atoms with Gasteiger partial charge in [-0.3, -0.25) is 0 Å². The van der Waals surface area contributed by atoms with Crippen LogP contribution in [0.5, 0.6) is 0 Å². The molecule has 3 amide bonds. The number of fused-ring (bicyclic) bond motifs is 3. The van der Waals surface area contributed by atoms with Gasteiger partial charge < -0.3 is 21.1 Å². The van der Waals surface area contributed by atoms with Gasteiger partial charge in [-0.05, 0) is 83.4 Å². The number of anilines is 1. The molecule has 0 spiro atoms. The second kappa shape index (κ2) is 11.9. The average Bonchev–Trinajstić information content (AvgIpc) is 3.44. The van der Waals surface area contributed by atoms with Crippen LogP contribution in [0.4, 0.5) is 15.3 Å². The Hall–Kier alpha value is -3.48. The van der Waals surface area contributed by atoms with E-state index in [1.165, 1.54) is 17.4 Å². The van der Waals surface area contributed by atoms with Gasteiger partial charge in [0.2, 0.25) is 10.0 Å². The number of sulfonamides is 1. The van der Waals surface area contributed by atoms with Gasteiger partial charge >= 0.3 is 12.1 Å². The molecule has 6 rings (SSSR count). The van der Waals surface area contributed by atoms with Crippen LogP contribution in [0.1, 0.15) is 69.9 Å². The van der Waals surface area contributed by atoms with Gasteiger partial charge in [-0.25, -0.2) is 27.7 Å². The number of nitrogens with zero attached hydrogens (tertiary/aromatic N) is 1. The topological polar surface area (TPSA) is 150 Å². The van der Waals surface area contributed by atoms with Crippen LogP contribution in [0.25, 0.3) is 10.4 Å². The van der Waals surface area contributed by atoms with E-state index in [4.69, 9.17) is 4.98 Å². The average molecular weight is 626 g/mol. The van der Waals surface area contributed by atoms with Crippen molar-refractivity contribution in [1.82, 2.24) is 20.3 Å². The summed E-state index contributed by atoms with van der Waals surface area (Å²) in [5, 5.41) is 18.6. The summed E-state index contributed by atoms with van der Waals surface area (Å²) in [5.74, 6) is 0. The fourth-order valence-corrected chi connectivity index (χ4v) is 9.15. The van der Waals surface area contributed by atoms with Crippen molar-refractivity contribution in [3.63, 3.8) is 0 Å². The van der Waals surface area contributed by atoms with Crippen molar-refractivity contribution in [1.29, 1.82) is 0 Å². The number of benzene rings is 2. The Morgan fingerprint density at radius 3 is 2.30 bits per heavy atom. The van der Waals surface area contributed by atoms with Crippen molar-refractivity contribution < 1.29 is 23.1 Å². The molecule has 1 aromatic heterocycles. The maximum atomic E-state index is 13.7. The van der Waals surface area contributed by atoms with E-state index in [1.54, 1.807) is 39.1 Å². The van der Waals surface area contributed by atoms with Crippen LogP contribution in [0.2, 0.25) is 0 Å². The summed E-state index contributed by atoms with van der Waals surface area (Å²) in [6.45, 7) is 5.77. The van der Waals surface area contributed by atoms with E-state index in [0.29, 0.717) is 24.2 Å². The molecule has 0 aliphatic heterocycles. The molecule has 0 atom stereocenters. The third-order valence-corrected chi connectivity index (χ3v) is 11.4. The monoisotopic (exact) mass is 625 g/mol. The number of thiazole rings is 1. The maximum absolute atomic E-state index is 13.7. The summed E-state index contributed by atoms with van der Waals surface area (Å²) in [4.78, 5) is 29.6. The van der Waals surface area contributed by atoms with Crippen LogP contribution in [-0.4, -0.2) is 48.3 Å². The quantitative estimate of drug-likeness (QED) is 0.201. The third-order valence-electron chi connectivity index (χ3n) is 8.35. The molecule has 3 fully saturated rings. The minimum absolute atomic E-state index is 0.0641. The first-order valence-corrected chi connectivity index (χ1v) is 16.8. The Bertz CT molecular complexity index is 1570. The molecule has 43 heavy (non-hydrogen) atoms. The van der Waals surface area contributed by atoms with E-state index in [1.807, 2.05) is 30.3 Å². The summed E-state index contributed by atoms with van der Waals surface area (Å²) >= 11 is 1.49. The van der Waals surface area contributed by atoms with Crippen LogP contribution >= 0.6 is 11.3 Å². The van der Waals surface area contributed by atoms with Crippen LogP contribution < -0.4 is 20.7 Å². The minimum Gasteiger partial charge on any atom is -0.465 e. The van der Waals surface area contributed by atoms with Crippen molar-refractivity contribution in [2.75, 3.05) is 11.9 Å². The second-order valence-electron chi connectivity index (χ2n) is 12.7. The van der Waals surface area contributed by atoms with E-state index < -0.39 is 27.7 Å². The molecule has 0 unspecified atom stereocenters. The third kappa shape index (κ3) is 7.19. The number of carbonyl (C=O) groups excluding carboxylic acids is 1. The first kappa shape index (κ1) is 31.0. The number of aromatic nitrogens is 1. The molecule has 3 aromatic rings. The number of hydrogen-bond acceptors (Lipinski definition) is 6. The smallest absolute Gasteiger partial charge is 0.405 e. The number of amides is 3. The number of carbonyl (C=O) groups is 2. The number of hydrogen-bond donors (Lipinski definition) is 5. The highest BCUT2D eigenvalue weighted by Gasteiger charge is 2.51. The molecule has 3 aliphatic rings. The van der Waals surface area contributed by atoms with Crippen LogP contribution in [-0.2, 0) is 21.9 Å². The summed E-state index contributed by atoms with van der Waals surface area (Å²) in [7, 11) is -3.96. The molecule has 3 aliphatic carbocycles. The lowest BCUT2D eigenvalue weighted by molar-refractivity contribution is 0.0746. The Morgan fingerprint density at radius 2 is 1.67 bits per heavy atom. The fraction of sp³-hybridized carbons (Fsp3) is 0.452. The van der Waals surface area contributed by atoms with Crippen LogP contribution in [0.3, 0.4) is 0 Å². The molecule has 230 valence electrons. The normalized spacial score (nSPS) is 21.7. The SMILES string of the molecule is CC(C)(C)NS(=O)(=O)c1cc(NC(=O)NCCc2ccccc2)ccc1-c1cnc(C23CCC(NC(=O)O)(CC2)CC3)s1. The van der Waals surface area contributed by atoms with Crippen LogP contribution in [0, 0.1) is 0 Å². The van der Waals surface area contributed by atoms with Gasteiger partial charge in [0.1, 0.15) is 0 Å². The Kier molecular flexibility index (Phi) is 8.56. The molecule has 2 bridgehead atoms. The number of urea groups is 1. The second-order valence-corrected chi connectivity index (χ2v) is 15.4. The highest BCUT2D eigenvalue weighted by atomic mass is 32.2. The van der Waals surface area contributed by atoms with Gasteiger partial charge in [-0.15, -0.1) is 11.3 Å². The van der Waals surface area contributed by atoms with E-state index in [-0.39, 0.29) is 15.8 Å². The molecule has 10 nitrogen and oxygen atoms in total. The minimum atomic E-state index is -3.96. The summed E-state index contributed by atoms with van der Waals surface area (Å²) in [6.07, 6.45) is 6.21. The van der Waals surface area contributed by atoms with Gasteiger partial charge in [-0.1, -0.05) is 36.4 Å². The molecule has 5 N–H and O–H groups in total. The lowest BCUT2D eigenvalue weighted by atomic mass is 9.57.